The molecule has 0 aliphatic carbocycles. The Morgan fingerprint density at radius 1 is 1.21 bits per heavy atom. The molecule has 0 radical (unpaired) electrons. The van der Waals surface area contributed by atoms with E-state index in [1.807, 2.05) is 0 Å². The molecule has 130 valence electrons. The van der Waals surface area contributed by atoms with Crippen molar-refractivity contribution in [2.45, 2.75) is 18.2 Å². The molecule has 2 aliphatic heterocycles. The zero-order valence-corrected chi connectivity index (χ0v) is 14.1. The standard InChI is InChI=1S/C15H19N3O5S/c1-11(19)17-5-7-18(8-6-17)24(21,22)12-2-3-14-13(10-12)16-15(20)4-9-23-14/h2-3,10H,4-9H2,1H3,(H,16,20). The summed E-state index contributed by atoms with van der Waals surface area (Å²) in [6, 6.07) is 4.45. The zero-order chi connectivity index (χ0) is 17.3. The van der Waals surface area contributed by atoms with Crippen LogP contribution in [0.15, 0.2) is 23.1 Å². The molecule has 1 aromatic carbocycles. The fraction of sp³-hybridized carbons (Fsp3) is 0.467. The lowest BCUT2D eigenvalue weighted by Crippen LogP contribution is -2.49. The summed E-state index contributed by atoms with van der Waals surface area (Å²) >= 11 is 0. The Morgan fingerprint density at radius 3 is 2.58 bits per heavy atom. The third kappa shape index (κ3) is 3.22. The van der Waals surface area contributed by atoms with E-state index >= 15 is 0 Å². The SMILES string of the molecule is CC(=O)N1CCN(S(=O)(=O)c2ccc3c(c2)NC(=O)CCO3)CC1. The minimum Gasteiger partial charge on any atom is -0.491 e. The van der Waals surface area contributed by atoms with Crippen molar-refractivity contribution in [1.29, 1.82) is 0 Å². The molecule has 0 bridgehead atoms. The van der Waals surface area contributed by atoms with Crippen LogP contribution in [-0.4, -0.2) is 62.2 Å². The van der Waals surface area contributed by atoms with Gasteiger partial charge in [0.1, 0.15) is 5.75 Å². The van der Waals surface area contributed by atoms with Crippen molar-refractivity contribution >= 4 is 27.5 Å². The van der Waals surface area contributed by atoms with Gasteiger partial charge in [0.05, 0.1) is 23.6 Å². The molecule has 0 atom stereocenters. The number of carbonyl (C=O) groups is 2. The highest BCUT2D eigenvalue weighted by Crippen LogP contribution is 2.31. The van der Waals surface area contributed by atoms with Crippen molar-refractivity contribution in [3.05, 3.63) is 18.2 Å². The fourth-order valence-corrected chi connectivity index (χ4v) is 4.20. The predicted molar refractivity (Wildman–Crippen MR) is 86.2 cm³/mol. The Balaban J connectivity index is 1.83. The normalized spacial score (nSPS) is 19.0. The first-order chi connectivity index (χ1) is 11.4. The van der Waals surface area contributed by atoms with Gasteiger partial charge in [0.2, 0.25) is 21.8 Å². The fourth-order valence-electron chi connectivity index (χ4n) is 2.75. The maximum absolute atomic E-state index is 12.8. The number of hydrogen-bond donors (Lipinski definition) is 1. The number of nitrogens with one attached hydrogen (secondary N) is 1. The van der Waals surface area contributed by atoms with Crippen molar-refractivity contribution in [3.63, 3.8) is 0 Å². The van der Waals surface area contributed by atoms with Gasteiger partial charge in [0, 0.05) is 33.1 Å². The van der Waals surface area contributed by atoms with Crippen molar-refractivity contribution in [1.82, 2.24) is 9.21 Å². The van der Waals surface area contributed by atoms with Gasteiger partial charge >= 0.3 is 0 Å². The summed E-state index contributed by atoms with van der Waals surface area (Å²) in [6.07, 6.45) is 0.226. The molecule has 3 rings (SSSR count). The van der Waals surface area contributed by atoms with E-state index in [9.17, 15) is 18.0 Å². The van der Waals surface area contributed by atoms with Crippen LogP contribution in [0.1, 0.15) is 13.3 Å². The minimum atomic E-state index is -3.69. The Bertz CT molecular complexity index is 769. The summed E-state index contributed by atoms with van der Waals surface area (Å²) in [7, 11) is -3.69. The highest BCUT2D eigenvalue weighted by Gasteiger charge is 2.30. The van der Waals surface area contributed by atoms with Crippen molar-refractivity contribution < 1.29 is 22.7 Å². The van der Waals surface area contributed by atoms with Crippen LogP contribution in [0.4, 0.5) is 5.69 Å². The molecular formula is C15H19N3O5S. The van der Waals surface area contributed by atoms with Crippen LogP contribution in [0.2, 0.25) is 0 Å². The number of amides is 2. The molecule has 0 unspecified atom stereocenters. The van der Waals surface area contributed by atoms with Gasteiger partial charge in [0.15, 0.2) is 0 Å². The average molecular weight is 353 g/mol. The maximum atomic E-state index is 12.8. The van der Waals surface area contributed by atoms with Crippen molar-refractivity contribution in [3.8, 4) is 5.75 Å². The minimum absolute atomic E-state index is 0.0584. The lowest BCUT2D eigenvalue weighted by Gasteiger charge is -2.33. The number of fused-ring (bicyclic) bond motifs is 1. The van der Waals surface area contributed by atoms with Gasteiger partial charge in [-0.25, -0.2) is 8.42 Å². The summed E-state index contributed by atoms with van der Waals surface area (Å²) in [5.74, 6) is 0.191. The number of ether oxygens (including phenoxy) is 1. The third-order valence-electron chi connectivity index (χ3n) is 4.13. The van der Waals surface area contributed by atoms with Gasteiger partial charge in [-0.3, -0.25) is 9.59 Å². The van der Waals surface area contributed by atoms with Gasteiger partial charge < -0.3 is 15.0 Å². The van der Waals surface area contributed by atoms with Crippen LogP contribution in [0.3, 0.4) is 0 Å². The number of piperazine rings is 1. The molecule has 0 aromatic heterocycles. The Labute approximate surface area is 140 Å². The van der Waals surface area contributed by atoms with Gasteiger partial charge in [-0.2, -0.15) is 4.31 Å². The topological polar surface area (TPSA) is 96.0 Å². The summed E-state index contributed by atoms with van der Waals surface area (Å²) in [4.78, 5) is 24.7. The number of sulfonamides is 1. The second-order valence-electron chi connectivity index (χ2n) is 5.71. The van der Waals surface area contributed by atoms with Crippen molar-refractivity contribution in [2.75, 3.05) is 38.1 Å². The van der Waals surface area contributed by atoms with E-state index in [1.165, 1.54) is 23.4 Å². The second-order valence-corrected chi connectivity index (χ2v) is 7.65. The largest absolute Gasteiger partial charge is 0.491 e. The third-order valence-corrected chi connectivity index (χ3v) is 6.03. The highest BCUT2D eigenvalue weighted by molar-refractivity contribution is 7.89. The van der Waals surface area contributed by atoms with Crippen LogP contribution in [0, 0.1) is 0 Å². The number of benzene rings is 1. The van der Waals surface area contributed by atoms with E-state index in [0.717, 1.165) is 0 Å². The molecule has 2 aliphatic rings. The van der Waals surface area contributed by atoms with E-state index in [1.54, 1.807) is 11.0 Å². The summed E-state index contributed by atoms with van der Waals surface area (Å²) in [6.45, 7) is 2.99. The number of hydrogen-bond acceptors (Lipinski definition) is 5. The molecule has 0 saturated carbocycles. The summed E-state index contributed by atoms with van der Waals surface area (Å²) in [5, 5.41) is 2.66. The maximum Gasteiger partial charge on any atom is 0.243 e. The smallest absolute Gasteiger partial charge is 0.243 e. The molecule has 1 fully saturated rings. The lowest BCUT2D eigenvalue weighted by molar-refractivity contribution is -0.130. The first-order valence-electron chi connectivity index (χ1n) is 7.70. The number of carbonyl (C=O) groups excluding carboxylic acids is 2. The first kappa shape index (κ1) is 16.7. The summed E-state index contributed by atoms with van der Waals surface area (Å²) in [5.41, 5.74) is 0.362. The molecule has 9 heteroatoms. The van der Waals surface area contributed by atoms with E-state index in [-0.39, 0.29) is 42.8 Å². The lowest BCUT2D eigenvalue weighted by atomic mass is 10.3. The van der Waals surface area contributed by atoms with Crippen LogP contribution in [0.25, 0.3) is 0 Å². The Kier molecular flexibility index (Phi) is 4.46. The average Bonchev–Trinajstić information content (AvgIpc) is 2.74. The monoisotopic (exact) mass is 353 g/mol. The van der Waals surface area contributed by atoms with Crippen molar-refractivity contribution in [2.24, 2.45) is 0 Å². The second kappa shape index (κ2) is 6.40. The molecule has 24 heavy (non-hydrogen) atoms. The molecule has 2 heterocycles. The number of nitrogens with zero attached hydrogens (tertiary/aromatic N) is 2. The summed E-state index contributed by atoms with van der Waals surface area (Å²) < 4.78 is 32.4. The molecule has 1 saturated heterocycles. The molecular weight excluding hydrogens is 334 g/mol. The van der Waals surface area contributed by atoms with E-state index in [0.29, 0.717) is 24.5 Å². The van der Waals surface area contributed by atoms with Gasteiger partial charge in [0.25, 0.3) is 0 Å². The van der Waals surface area contributed by atoms with E-state index in [4.69, 9.17) is 4.74 Å². The Hall–Kier alpha value is -2.13. The van der Waals surface area contributed by atoms with Gasteiger partial charge in [-0.15, -0.1) is 0 Å². The van der Waals surface area contributed by atoms with Crippen LogP contribution >= 0.6 is 0 Å². The molecule has 1 N–H and O–H groups in total. The molecule has 8 nitrogen and oxygen atoms in total. The molecule has 2 amide bonds. The number of rotatable bonds is 2. The van der Waals surface area contributed by atoms with E-state index in [2.05, 4.69) is 5.32 Å². The van der Waals surface area contributed by atoms with Gasteiger partial charge in [-0.1, -0.05) is 0 Å². The number of anilines is 1. The quantitative estimate of drug-likeness (QED) is 0.823. The predicted octanol–water partition coefficient (Wildman–Crippen LogP) is 0.260. The molecule has 0 spiro atoms. The van der Waals surface area contributed by atoms with E-state index < -0.39 is 10.0 Å². The van der Waals surface area contributed by atoms with Crippen LogP contribution in [-0.2, 0) is 19.6 Å². The first-order valence-corrected chi connectivity index (χ1v) is 9.14. The van der Waals surface area contributed by atoms with Crippen LogP contribution < -0.4 is 10.1 Å². The zero-order valence-electron chi connectivity index (χ0n) is 13.3. The Morgan fingerprint density at radius 2 is 1.92 bits per heavy atom. The molecule has 1 aromatic rings. The van der Waals surface area contributed by atoms with Crippen LogP contribution in [0.5, 0.6) is 5.75 Å². The van der Waals surface area contributed by atoms with Gasteiger partial charge in [-0.05, 0) is 18.2 Å². The highest BCUT2D eigenvalue weighted by atomic mass is 32.2.